The van der Waals surface area contributed by atoms with E-state index in [0.717, 1.165) is 10.5 Å². The first-order valence-corrected chi connectivity index (χ1v) is 10.4. The molecule has 1 aliphatic heterocycles. The van der Waals surface area contributed by atoms with Gasteiger partial charge < -0.3 is 19.7 Å². The maximum atomic E-state index is 13.1. The molecule has 2 aromatic rings. The summed E-state index contributed by atoms with van der Waals surface area (Å²) in [6.45, 7) is 1.39. The molecule has 0 bridgehead atoms. The predicted molar refractivity (Wildman–Crippen MR) is 120 cm³/mol. The Balaban J connectivity index is 1.73. The fourth-order valence-electron chi connectivity index (χ4n) is 3.52. The molecule has 170 valence electrons. The highest BCUT2D eigenvalue weighted by Crippen LogP contribution is 2.35. The van der Waals surface area contributed by atoms with Crippen molar-refractivity contribution in [2.24, 2.45) is 0 Å². The van der Waals surface area contributed by atoms with Crippen molar-refractivity contribution in [3.05, 3.63) is 57.6 Å². The monoisotopic (exact) mass is 479 g/mol. The van der Waals surface area contributed by atoms with Crippen LogP contribution in [0.2, 0.25) is 10.0 Å². The average molecular weight is 480 g/mol. The Hall–Kier alpha value is -2.97. The minimum Gasteiger partial charge on any atom is -0.493 e. The van der Waals surface area contributed by atoms with Gasteiger partial charge in [0, 0.05) is 29.2 Å². The number of likely N-dealkylation sites (N-methyl/N-ethyl adjacent to an activating group) is 1. The minimum atomic E-state index is -1.40. The molecule has 10 heteroatoms. The Bertz CT molecular complexity index is 1080. The number of amides is 4. The fraction of sp³-hybridized carbons (Fsp3) is 0.318. The first-order chi connectivity index (χ1) is 15.1. The van der Waals surface area contributed by atoms with Crippen LogP contribution < -0.4 is 14.8 Å². The fourth-order valence-corrected chi connectivity index (χ4v) is 4.11. The van der Waals surface area contributed by atoms with Gasteiger partial charge >= 0.3 is 6.03 Å². The number of rotatable bonds is 7. The molecule has 32 heavy (non-hydrogen) atoms. The number of halogens is 2. The summed E-state index contributed by atoms with van der Waals surface area (Å²) in [5.41, 5.74) is -0.204. The molecule has 8 nitrogen and oxygen atoms in total. The Morgan fingerprint density at radius 1 is 1.09 bits per heavy atom. The molecule has 0 unspecified atom stereocenters. The summed E-state index contributed by atoms with van der Waals surface area (Å²) in [6.07, 6.45) is 0. The highest BCUT2D eigenvalue weighted by atomic mass is 35.5. The maximum Gasteiger partial charge on any atom is 0.325 e. The number of nitrogens with zero attached hydrogens (tertiary/aromatic N) is 2. The van der Waals surface area contributed by atoms with E-state index < -0.39 is 29.9 Å². The van der Waals surface area contributed by atoms with Gasteiger partial charge in [-0.15, -0.1) is 0 Å². The number of hydrogen-bond donors (Lipinski definition) is 1. The number of ether oxygens (including phenoxy) is 2. The van der Waals surface area contributed by atoms with Crippen molar-refractivity contribution in [2.75, 3.05) is 27.8 Å². The number of carbonyl (C=O) groups excluding carboxylic acids is 3. The quantitative estimate of drug-likeness (QED) is 0.614. The minimum absolute atomic E-state index is 0.243. The van der Waals surface area contributed by atoms with Gasteiger partial charge in [-0.05, 0) is 36.8 Å². The van der Waals surface area contributed by atoms with Crippen LogP contribution in [-0.4, -0.2) is 55.5 Å². The van der Waals surface area contributed by atoms with Crippen LogP contribution in [0, 0.1) is 0 Å². The summed E-state index contributed by atoms with van der Waals surface area (Å²) in [4.78, 5) is 40.7. The van der Waals surface area contributed by atoms with Crippen molar-refractivity contribution in [3.8, 4) is 11.5 Å². The van der Waals surface area contributed by atoms with Crippen LogP contribution in [0.15, 0.2) is 36.4 Å². The zero-order valence-electron chi connectivity index (χ0n) is 18.1. The van der Waals surface area contributed by atoms with Crippen molar-refractivity contribution < 1.29 is 23.9 Å². The van der Waals surface area contributed by atoms with E-state index in [1.807, 2.05) is 0 Å². The molecule has 0 radical (unpaired) electrons. The predicted octanol–water partition coefficient (Wildman–Crippen LogP) is 3.44. The molecule has 0 aromatic heterocycles. The molecule has 1 fully saturated rings. The van der Waals surface area contributed by atoms with Gasteiger partial charge in [0.15, 0.2) is 11.5 Å². The molecule has 0 spiro atoms. The standard InChI is InChI=1S/C22H23Cl2N3O5/c1-22(15-7-6-14(23)10-16(15)24)20(29)27(21(30)25-22)12-19(28)26(2)11-13-5-8-17(31-3)18(9-13)32-4/h5-10H,11-12H2,1-4H3,(H,25,30)/t22-/m0/s1. The summed E-state index contributed by atoms with van der Waals surface area (Å²) < 4.78 is 10.5. The number of hydrogen-bond acceptors (Lipinski definition) is 5. The highest BCUT2D eigenvalue weighted by Gasteiger charge is 2.50. The van der Waals surface area contributed by atoms with E-state index in [1.165, 1.54) is 25.2 Å². The molecular weight excluding hydrogens is 457 g/mol. The number of methoxy groups -OCH3 is 2. The van der Waals surface area contributed by atoms with Crippen LogP contribution in [0.1, 0.15) is 18.1 Å². The average Bonchev–Trinajstić information content (AvgIpc) is 2.96. The second kappa shape index (κ2) is 9.26. The van der Waals surface area contributed by atoms with Gasteiger partial charge in [-0.1, -0.05) is 35.3 Å². The molecule has 0 aliphatic carbocycles. The lowest BCUT2D eigenvalue weighted by atomic mass is 9.92. The van der Waals surface area contributed by atoms with Gasteiger partial charge in [-0.3, -0.25) is 14.5 Å². The van der Waals surface area contributed by atoms with E-state index in [2.05, 4.69) is 5.32 Å². The van der Waals surface area contributed by atoms with Gasteiger partial charge in [-0.25, -0.2) is 4.79 Å². The summed E-state index contributed by atoms with van der Waals surface area (Å²) in [5.74, 6) is 0.134. The second-order valence-corrected chi connectivity index (χ2v) is 8.35. The third-order valence-electron chi connectivity index (χ3n) is 5.33. The lowest BCUT2D eigenvalue weighted by Crippen LogP contribution is -2.43. The van der Waals surface area contributed by atoms with E-state index in [4.69, 9.17) is 32.7 Å². The molecule has 1 aliphatic rings. The maximum absolute atomic E-state index is 13.1. The third-order valence-corrected chi connectivity index (χ3v) is 5.88. The first kappa shape index (κ1) is 23.7. The highest BCUT2D eigenvalue weighted by molar-refractivity contribution is 6.35. The van der Waals surface area contributed by atoms with Crippen LogP contribution in [-0.2, 0) is 21.7 Å². The molecule has 1 heterocycles. The van der Waals surface area contributed by atoms with Crippen LogP contribution in [0.3, 0.4) is 0 Å². The van der Waals surface area contributed by atoms with Gasteiger partial charge in [0.2, 0.25) is 5.91 Å². The van der Waals surface area contributed by atoms with Gasteiger partial charge in [0.25, 0.3) is 5.91 Å². The number of carbonyl (C=O) groups is 3. The normalized spacial score (nSPS) is 17.9. The van der Waals surface area contributed by atoms with Crippen molar-refractivity contribution in [1.29, 1.82) is 0 Å². The van der Waals surface area contributed by atoms with Crippen LogP contribution in [0.5, 0.6) is 11.5 Å². The lowest BCUT2D eigenvalue weighted by Gasteiger charge is -2.24. The Kier molecular flexibility index (Phi) is 6.85. The number of nitrogens with one attached hydrogen (secondary N) is 1. The van der Waals surface area contributed by atoms with E-state index >= 15 is 0 Å². The van der Waals surface area contributed by atoms with Crippen LogP contribution in [0.4, 0.5) is 4.79 Å². The number of benzene rings is 2. The zero-order chi connectivity index (χ0) is 23.6. The molecule has 1 saturated heterocycles. The Labute approximate surface area is 196 Å². The van der Waals surface area contributed by atoms with Gasteiger partial charge in [0.1, 0.15) is 12.1 Å². The first-order valence-electron chi connectivity index (χ1n) is 9.65. The smallest absolute Gasteiger partial charge is 0.325 e. The van der Waals surface area contributed by atoms with Gasteiger partial charge in [-0.2, -0.15) is 0 Å². The number of urea groups is 1. The second-order valence-electron chi connectivity index (χ2n) is 7.51. The summed E-state index contributed by atoms with van der Waals surface area (Å²) in [6, 6.07) is 9.29. The molecule has 1 N–H and O–H groups in total. The molecule has 3 rings (SSSR count). The molecule has 2 aromatic carbocycles. The van der Waals surface area contributed by atoms with Crippen molar-refractivity contribution in [3.63, 3.8) is 0 Å². The number of imide groups is 1. The van der Waals surface area contributed by atoms with Crippen LogP contribution in [0.25, 0.3) is 0 Å². The van der Waals surface area contributed by atoms with E-state index in [-0.39, 0.29) is 11.6 Å². The summed E-state index contributed by atoms with van der Waals surface area (Å²) in [7, 11) is 4.65. The van der Waals surface area contributed by atoms with Crippen LogP contribution >= 0.6 is 23.2 Å². The largest absolute Gasteiger partial charge is 0.493 e. The topological polar surface area (TPSA) is 88.2 Å². The molecular formula is C22H23Cl2N3O5. The molecule has 1 atom stereocenters. The van der Waals surface area contributed by atoms with E-state index in [1.54, 1.807) is 44.3 Å². The molecule has 4 amide bonds. The summed E-state index contributed by atoms with van der Waals surface area (Å²) >= 11 is 12.2. The van der Waals surface area contributed by atoms with Crippen molar-refractivity contribution in [2.45, 2.75) is 19.0 Å². The Morgan fingerprint density at radius 2 is 1.78 bits per heavy atom. The van der Waals surface area contributed by atoms with Crippen molar-refractivity contribution >= 4 is 41.0 Å². The van der Waals surface area contributed by atoms with E-state index in [0.29, 0.717) is 22.1 Å². The van der Waals surface area contributed by atoms with E-state index in [9.17, 15) is 14.4 Å². The SMILES string of the molecule is COc1ccc(CN(C)C(=O)CN2C(=O)N[C@@](C)(c3ccc(Cl)cc3Cl)C2=O)cc1OC. The van der Waals surface area contributed by atoms with Crippen molar-refractivity contribution in [1.82, 2.24) is 15.1 Å². The zero-order valence-corrected chi connectivity index (χ0v) is 19.6. The Morgan fingerprint density at radius 3 is 2.41 bits per heavy atom. The third kappa shape index (κ3) is 4.47. The lowest BCUT2D eigenvalue weighted by molar-refractivity contribution is -0.138. The summed E-state index contributed by atoms with van der Waals surface area (Å²) in [5, 5.41) is 3.29. The molecule has 0 saturated carbocycles. The van der Waals surface area contributed by atoms with Gasteiger partial charge in [0.05, 0.1) is 14.2 Å².